The molecule has 0 saturated carbocycles. The van der Waals surface area contributed by atoms with Gasteiger partial charge >= 0.3 is 0 Å². The molecule has 24 heavy (non-hydrogen) atoms. The monoisotopic (exact) mass is 324 g/mol. The van der Waals surface area contributed by atoms with Crippen molar-refractivity contribution in [2.75, 3.05) is 24.6 Å². The normalized spacial score (nSPS) is 13.5. The number of ether oxygens (including phenoxy) is 1. The van der Waals surface area contributed by atoms with Gasteiger partial charge in [-0.2, -0.15) is 0 Å². The SMILES string of the molecule is CCOc1ccc(CNCC(=O)N2CCCc3ccccc32)cc1. The van der Waals surface area contributed by atoms with Crippen LogP contribution in [0.15, 0.2) is 48.5 Å². The molecule has 4 nitrogen and oxygen atoms in total. The summed E-state index contributed by atoms with van der Waals surface area (Å²) < 4.78 is 5.43. The van der Waals surface area contributed by atoms with E-state index in [0.717, 1.165) is 36.4 Å². The molecule has 2 aromatic rings. The maximum Gasteiger partial charge on any atom is 0.240 e. The zero-order valence-corrected chi connectivity index (χ0v) is 14.1. The highest BCUT2D eigenvalue weighted by Gasteiger charge is 2.21. The topological polar surface area (TPSA) is 41.6 Å². The highest BCUT2D eigenvalue weighted by molar-refractivity contribution is 5.95. The van der Waals surface area contributed by atoms with E-state index in [1.54, 1.807) is 0 Å². The molecule has 3 rings (SSSR count). The quantitative estimate of drug-likeness (QED) is 0.887. The Morgan fingerprint density at radius 1 is 1.17 bits per heavy atom. The van der Waals surface area contributed by atoms with Gasteiger partial charge in [-0.3, -0.25) is 4.79 Å². The molecule has 4 heteroatoms. The van der Waals surface area contributed by atoms with Gasteiger partial charge in [0.15, 0.2) is 0 Å². The molecular formula is C20H24N2O2. The fourth-order valence-corrected chi connectivity index (χ4v) is 3.07. The van der Waals surface area contributed by atoms with Crippen LogP contribution in [0.25, 0.3) is 0 Å². The van der Waals surface area contributed by atoms with Crippen molar-refractivity contribution in [3.63, 3.8) is 0 Å². The van der Waals surface area contributed by atoms with Crippen LogP contribution in [0.1, 0.15) is 24.5 Å². The summed E-state index contributed by atoms with van der Waals surface area (Å²) in [5.74, 6) is 1.01. The largest absolute Gasteiger partial charge is 0.494 e. The molecule has 0 bridgehead atoms. The third kappa shape index (κ3) is 3.95. The summed E-state index contributed by atoms with van der Waals surface area (Å²) in [6, 6.07) is 16.2. The maximum atomic E-state index is 12.5. The zero-order valence-electron chi connectivity index (χ0n) is 14.1. The van der Waals surface area contributed by atoms with Gasteiger partial charge in [-0.15, -0.1) is 0 Å². The van der Waals surface area contributed by atoms with Gasteiger partial charge in [0.25, 0.3) is 0 Å². The number of nitrogens with zero attached hydrogens (tertiary/aromatic N) is 1. The fraction of sp³-hybridized carbons (Fsp3) is 0.350. The molecule has 0 radical (unpaired) electrons. The molecule has 0 saturated heterocycles. The average molecular weight is 324 g/mol. The number of para-hydroxylation sites is 1. The Hall–Kier alpha value is -2.33. The molecule has 0 atom stereocenters. The second-order valence-corrected chi connectivity index (χ2v) is 5.96. The van der Waals surface area contributed by atoms with Crippen LogP contribution in [-0.2, 0) is 17.8 Å². The highest BCUT2D eigenvalue weighted by atomic mass is 16.5. The average Bonchev–Trinajstić information content (AvgIpc) is 2.63. The third-order valence-corrected chi connectivity index (χ3v) is 4.25. The number of nitrogens with one attached hydrogen (secondary N) is 1. The van der Waals surface area contributed by atoms with E-state index in [2.05, 4.69) is 11.4 Å². The van der Waals surface area contributed by atoms with Crippen molar-refractivity contribution in [1.82, 2.24) is 5.32 Å². The summed E-state index contributed by atoms with van der Waals surface area (Å²) in [4.78, 5) is 14.4. The second kappa shape index (κ2) is 7.97. The predicted octanol–water partition coefficient (Wildman–Crippen LogP) is 3.15. The summed E-state index contributed by atoms with van der Waals surface area (Å²) in [7, 11) is 0. The van der Waals surface area contributed by atoms with Gasteiger partial charge in [0.1, 0.15) is 5.75 Å². The Morgan fingerprint density at radius 3 is 2.75 bits per heavy atom. The van der Waals surface area contributed by atoms with Crippen LogP contribution < -0.4 is 15.0 Å². The summed E-state index contributed by atoms with van der Waals surface area (Å²) in [6.45, 7) is 4.47. The lowest BCUT2D eigenvalue weighted by molar-refractivity contribution is -0.117. The van der Waals surface area contributed by atoms with Crippen LogP contribution >= 0.6 is 0 Å². The van der Waals surface area contributed by atoms with E-state index in [9.17, 15) is 4.79 Å². The van der Waals surface area contributed by atoms with Crippen LogP contribution in [0, 0.1) is 0 Å². The summed E-state index contributed by atoms with van der Waals surface area (Å²) >= 11 is 0. The molecule has 1 amide bonds. The number of carbonyl (C=O) groups excluding carboxylic acids is 1. The maximum absolute atomic E-state index is 12.5. The van der Waals surface area contributed by atoms with Crippen LogP contribution in [0.2, 0.25) is 0 Å². The minimum absolute atomic E-state index is 0.132. The Morgan fingerprint density at radius 2 is 1.96 bits per heavy atom. The molecule has 0 fully saturated rings. The third-order valence-electron chi connectivity index (χ3n) is 4.25. The van der Waals surface area contributed by atoms with E-state index >= 15 is 0 Å². The number of hydrogen-bond donors (Lipinski definition) is 1. The van der Waals surface area contributed by atoms with Crippen molar-refractivity contribution in [3.8, 4) is 5.75 Å². The van der Waals surface area contributed by atoms with E-state index in [-0.39, 0.29) is 5.91 Å². The van der Waals surface area contributed by atoms with Crippen molar-refractivity contribution in [2.45, 2.75) is 26.3 Å². The molecular weight excluding hydrogens is 300 g/mol. The van der Waals surface area contributed by atoms with Gasteiger partial charge in [0.2, 0.25) is 5.91 Å². The summed E-state index contributed by atoms with van der Waals surface area (Å²) in [6.07, 6.45) is 2.08. The highest BCUT2D eigenvalue weighted by Crippen LogP contribution is 2.26. The molecule has 1 aliphatic heterocycles. The van der Waals surface area contributed by atoms with Gasteiger partial charge in [0.05, 0.1) is 13.2 Å². The number of hydrogen-bond acceptors (Lipinski definition) is 3. The summed E-state index contributed by atoms with van der Waals surface area (Å²) in [5, 5.41) is 3.25. The smallest absolute Gasteiger partial charge is 0.240 e. The lowest BCUT2D eigenvalue weighted by Crippen LogP contribution is -2.41. The van der Waals surface area contributed by atoms with Gasteiger partial charge in [-0.05, 0) is 49.1 Å². The molecule has 0 aliphatic carbocycles. The van der Waals surface area contributed by atoms with E-state index in [1.807, 2.05) is 54.3 Å². The second-order valence-electron chi connectivity index (χ2n) is 5.96. The van der Waals surface area contributed by atoms with Crippen LogP contribution in [0.4, 0.5) is 5.69 Å². The van der Waals surface area contributed by atoms with Gasteiger partial charge < -0.3 is 15.0 Å². The van der Waals surface area contributed by atoms with Crippen molar-refractivity contribution < 1.29 is 9.53 Å². The number of rotatable bonds is 6. The molecule has 0 aromatic heterocycles. The van der Waals surface area contributed by atoms with Crippen LogP contribution in [0.3, 0.4) is 0 Å². The van der Waals surface area contributed by atoms with E-state index < -0.39 is 0 Å². The Kier molecular flexibility index (Phi) is 5.49. The first-order valence-corrected chi connectivity index (χ1v) is 8.58. The van der Waals surface area contributed by atoms with Crippen molar-refractivity contribution in [2.24, 2.45) is 0 Å². The minimum atomic E-state index is 0.132. The fourth-order valence-electron chi connectivity index (χ4n) is 3.07. The Bertz CT molecular complexity index is 682. The van der Waals surface area contributed by atoms with E-state index in [1.165, 1.54) is 5.56 Å². The van der Waals surface area contributed by atoms with Gasteiger partial charge in [0, 0.05) is 18.8 Å². The van der Waals surface area contributed by atoms with Crippen molar-refractivity contribution in [1.29, 1.82) is 0 Å². The lowest BCUT2D eigenvalue weighted by Gasteiger charge is -2.29. The number of amides is 1. The standard InChI is InChI=1S/C20H24N2O2/c1-2-24-18-11-9-16(10-12-18)14-21-15-20(23)22-13-5-7-17-6-3-4-8-19(17)22/h3-4,6,8-12,21H,2,5,7,13-15H2,1H3. The minimum Gasteiger partial charge on any atom is -0.494 e. The molecule has 1 heterocycles. The summed E-state index contributed by atoms with van der Waals surface area (Å²) in [5.41, 5.74) is 3.48. The Balaban J connectivity index is 1.53. The molecule has 126 valence electrons. The zero-order chi connectivity index (χ0) is 16.8. The molecule has 0 unspecified atom stereocenters. The number of fused-ring (bicyclic) bond motifs is 1. The van der Waals surface area contributed by atoms with Crippen LogP contribution in [0.5, 0.6) is 5.75 Å². The number of anilines is 1. The first kappa shape index (κ1) is 16.5. The van der Waals surface area contributed by atoms with Gasteiger partial charge in [-0.1, -0.05) is 30.3 Å². The predicted molar refractivity (Wildman–Crippen MR) is 96.4 cm³/mol. The number of carbonyl (C=O) groups is 1. The lowest BCUT2D eigenvalue weighted by atomic mass is 10.0. The van der Waals surface area contributed by atoms with Crippen LogP contribution in [-0.4, -0.2) is 25.6 Å². The molecule has 1 N–H and O–H groups in total. The van der Waals surface area contributed by atoms with Gasteiger partial charge in [-0.25, -0.2) is 0 Å². The number of aryl methyl sites for hydroxylation is 1. The first-order valence-electron chi connectivity index (χ1n) is 8.58. The van der Waals surface area contributed by atoms with Crippen molar-refractivity contribution >= 4 is 11.6 Å². The first-order chi connectivity index (χ1) is 11.8. The Labute approximate surface area is 143 Å². The number of benzene rings is 2. The molecule has 0 spiro atoms. The molecule has 1 aliphatic rings. The van der Waals surface area contributed by atoms with E-state index in [4.69, 9.17) is 4.74 Å². The van der Waals surface area contributed by atoms with E-state index in [0.29, 0.717) is 19.7 Å². The molecule has 2 aromatic carbocycles. The van der Waals surface area contributed by atoms with Crippen molar-refractivity contribution in [3.05, 3.63) is 59.7 Å².